The van der Waals surface area contributed by atoms with E-state index in [1.807, 2.05) is 0 Å². The summed E-state index contributed by atoms with van der Waals surface area (Å²) in [5, 5.41) is 3.90. The molecule has 0 fully saturated rings. The number of pyridine rings is 1. The first-order chi connectivity index (χ1) is 13.1. The third-order valence-electron chi connectivity index (χ3n) is 4.10. The van der Waals surface area contributed by atoms with E-state index >= 15 is 0 Å². The molecular formula is C18H14ClN3O4S. The molecule has 1 N–H and O–H groups in total. The van der Waals surface area contributed by atoms with Gasteiger partial charge in [-0.2, -0.15) is 0 Å². The van der Waals surface area contributed by atoms with Crippen molar-refractivity contribution in [1.29, 1.82) is 0 Å². The highest BCUT2D eigenvalue weighted by molar-refractivity contribution is 8.00. The molecule has 138 valence electrons. The van der Waals surface area contributed by atoms with Gasteiger partial charge in [0.15, 0.2) is 0 Å². The summed E-state index contributed by atoms with van der Waals surface area (Å²) in [5.41, 5.74) is 1.45. The number of hydrogen-bond donors (Lipinski definition) is 1. The van der Waals surface area contributed by atoms with Crippen LogP contribution in [0.5, 0.6) is 0 Å². The lowest BCUT2D eigenvalue weighted by Crippen LogP contribution is -2.37. The molecular weight excluding hydrogens is 390 g/mol. The Hall–Kier alpha value is -2.71. The summed E-state index contributed by atoms with van der Waals surface area (Å²) >= 11 is 7.61. The van der Waals surface area contributed by atoms with Gasteiger partial charge in [0.25, 0.3) is 0 Å². The van der Waals surface area contributed by atoms with Gasteiger partial charge in [0, 0.05) is 22.8 Å². The Morgan fingerprint density at radius 3 is 3.07 bits per heavy atom. The van der Waals surface area contributed by atoms with Crippen molar-refractivity contribution in [2.24, 2.45) is 0 Å². The maximum atomic E-state index is 12.5. The van der Waals surface area contributed by atoms with Gasteiger partial charge in [-0.1, -0.05) is 11.6 Å². The smallest absolute Gasteiger partial charge is 0.341 e. The van der Waals surface area contributed by atoms with E-state index in [1.54, 1.807) is 47.3 Å². The zero-order valence-electron chi connectivity index (χ0n) is 14.2. The van der Waals surface area contributed by atoms with Crippen LogP contribution in [-0.4, -0.2) is 30.0 Å². The van der Waals surface area contributed by atoms with E-state index in [9.17, 15) is 9.59 Å². The largest absolute Gasteiger partial charge is 0.465 e. The average Bonchev–Trinajstić information content (AvgIpc) is 3.28. The zero-order valence-corrected chi connectivity index (χ0v) is 15.8. The van der Waals surface area contributed by atoms with Crippen molar-refractivity contribution in [2.75, 3.05) is 17.9 Å². The average molecular weight is 404 g/mol. The molecule has 3 aromatic rings. The molecule has 0 radical (unpaired) electrons. The molecule has 0 aliphatic carbocycles. The van der Waals surface area contributed by atoms with Crippen molar-refractivity contribution in [3.8, 4) is 0 Å². The van der Waals surface area contributed by atoms with Crippen molar-refractivity contribution in [3.63, 3.8) is 0 Å². The van der Waals surface area contributed by atoms with Crippen molar-refractivity contribution < 1.29 is 18.7 Å². The number of methoxy groups -OCH3 is 1. The molecule has 1 aliphatic rings. The first kappa shape index (κ1) is 17.7. The second-order valence-corrected chi connectivity index (χ2v) is 7.20. The quantitative estimate of drug-likeness (QED) is 0.664. The van der Waals surface area contributed by atoms with Crippen LogP contribution in [0.15, 0.2) is 46.0 Å². The number of nitrogens with zero attached hydrogens (tertiary/aromatic N) is 2. The van der Waals surface area contributed by atoms with E-state index in [0.29, 0.717) is 27.6 Å². The number of rotatable bonds is 3. The molecule has 0 bridgehead atoms. The van der Waals surface area contributed by atoms with Gasteiger partial charge in [-0.05, 0) is 24.3 Å². The van der Waals surface area contributed by atoms with Crippen molar-refractivity contribution in [2.45, 2.75) is 11.4 Å². The number of aromatic nitrogens is 1. The van der Waals surface area contributed by atoms with E-state index in [2.05, 4.69) is 10.3 Å². The predicted octanol–water partition coefficient (Wildman–Crippen LogP) is 4.05. The molecule has 2 amide bonds. The molecule has 0 unspecified atom stereocenters. The molecule has 3 heterocycles. The number of benzene rings is 1. The van der Waals surface area contributed by atoms with Crippen LogP contribution in [0.1, 0.15) is 16.1 Å². The summed E-state index contributed by atoms with van der Waals surface area (Å²) in [4.78, 5) is 31.1. The van der Waals surface area contributed by atoms with Gasteiger partial charge in [0.1, 0.15) is 16.9 Å². The second-order valence-electron chi connectivity index (χ2n) is 5.78. The lowest BCUT2D eigenvalue weighted by molar-refractivity contribution is 0.0601. The molecule has 2 aromatic heterocycles. The highest BCUT2D eigenvalue weighted by Gasteiger charge is 2.25. The van der Waals surface area contributed by atoms with Gasteiger partial charge in [0.2, 0.25) is 0 Å². The van der Waals surface area contributed by atoms with Crippen LogP contribution in [-0.2, 0) is 11.3 Å². The number of furan rings is 1. The fourth-order valence-electron chi connectivity index (χ4n) is 2.86. The first-order valence-electron chi connectivity index (χ1n) is 7.99. The summed E-state index contributed by atoms with van der Waals surface area (Å²) in [5.74, 6) is 0.494. The van der Waals surface area contributed by atoms with Crippen LogP contribution in [0, 0.1) is 0 Å². The van der Waals surface area contributed by atoms with Gasteiger partial charge in [0.05, 0.1) is 30.1 Å². The van der Waals surface area contributed by atoms with Crippen LogP contribution < -0.4 is 10.2 Å². The number of anilines is 1. The number of carbonyl (C=O) groups excluding carboxylic acids is 2. The number of thioether (sulfide) groups is 1. The van der Waals surface area contributed by atoms with Crippen LogP contribution in [0.2, 0.25) is 5.02 Å². The molecule has 27 heavy (non-hydrogen) atoms. The molecule has 1 aliphatic heterocycles. The fraction of sp³-hybridized carbons (Fsp3) is 0.167. The minimum Gasteiger partial charge on any atom is -0.465 e. The molecule has 7 nitrogen and oxygen atoms in total. The van der Waals surface area contributed by atoms with Crippen molar-refractivity contribution >= 4 is 52.0 Å². The number of urea groups is 1. The number of esters is 1. The minimum atomic E-state index is -0.535. The van der Waals surface area contributed by atoms with Crippen molar-refractivity contribution in [1.82, 2.24) is 10.3 Å². The minimum absolute atomic E-state index is 0.174. The summed E-state index contributed by atoms with van der Waals surface area (Å²) < 4.78 is 10.5. The SMILES string of the molecule is COC(=O)c1cc(Cl)cc2cc(CNC(=O)N3CSc4cnccc43)oc12. The standard InChI is InChI=1S/C18H14ClN3O4S/c1-25-17(23)13-6-11(19)4-10-5-12(26-16(10)13)7-21-18(24)22-9-27-15-8-20-3-2-14(15)22/h2-6,8H,7,9H2,1H3,(H,21,24). The Labute approximate surface area is 163 Å². The number of halogens is 1. The number of nitrogens with one attached hydrogen (secondary N) is 1. The topological polar surface area (TPSA) is 84.7 Å². The van der Waals surface area contributed by atoms with Crippen LogP contribution in [0.4, 0.5) is 10.5 Å². The van der Waals surface area contributed by atoms with Gasteiger partial charge in [-0.15, -0.1) is 11.8 Å². The van der Waals surface area contributed by atoms with Gasteiger partial charge >= 0.3 is 12.0 Å². The Kier molecular flexibility index (Phi) is 4.67. The highest BCUT2D eigenvalue weighted by atomic mass is 35.5. The van der Waals surface area contributed by atoms with Crippen LogP contribution >= 0.6 is 23.4 Å². The predicted molar refractivity (Wildman–Crippen MR) is 102 cm³/mol. The Bertz CT molecular complexity index is 1050. The van der Waals surface area contributed by atoms with E-state index in [-0.39, 0.29) is 18.1 Å². The number of fused-ring (bicyclic) bond motifs is 2. The highest BCUT2D eigenvalue weighted by Crippen LogP contribution is 2.37. The van der Waals surface area contributed by atoms with Gasteiger partial charge in [-0.3, -0.25) is 9.88 Å². The number of ether oxygens (including phenoxy) is 1. The summed E-state index contributed by atoms with van der Waals surface area (Å²) in [6, 6.07) is 6.50. The molecule has 0 spiro atoms. The Balaban J connectivity index is 1.53. The Morgan fingerprint density at radius 2 is 2.26 bits per heavy atom. The fourth-order valence-corrected chi connectivity index (χ4v) is 4.07. The molecule has 0 saturated heterocycles. The number of hydrogen-bond acceptors (Lipinski definition) is 6. The number of carbonyl (C=O) groups is 2. The van der Waals surface area contributed by atoms with Crippen LogP contribution in [0.25, 0.3) is 11.0 Å². The maximum Gasteiger partial charge on any atom is 0.341 e. The number of amides is 2. The maximum absolute atomic E-state index is 12.5. The molecule has 1 aromatic carbocycles. The lowest BCUT2D eigenvalue weighted by Gasteiger charge is -2.16. The third kappa shape index (κ3) is 3.33. The van der Waals surface area contributed by atoms with E-state index in [1.165, 1.54) is 13.2 Å². The van der Waals surface area contributed by atoms with E-state index in [0.717, 1.165) is 10.6 Å². The van der Waals surface area contributed by atoms with Crippen molar-refractivity contribution in [3.05, 3.63) is 53.0 Å². The monoisotopic (exact) mass is 403 g/mol. The molecule has 9 heteroatoms. The second kappa shape index (κ2) is 7.13. The normalized spacial score (nSPS) is 12.9. The van der Waals surface area contributed by atoms with E-state index in [4.69, 9.17) is 20.8 Å². The van der Waals surface area contributed by atoms with Gasteiger partial charge < -0.3 is 14.5 Å². The third-order valence-corrected chi connectivity index (χ3v) is 5.33. The zero-order chi connectivity index (χ0) is 19.0. The summed E-state index contributed by atoms with van der Waals surface area (Å²) in [7, 11) is 1.29. The van der Waals surface area contributed by atoms with E-state index < -0.39 is 5.97 Å². The molecule has 4 rings (SSSR count). The lowest BCUT2D eigenvalue weighted by atomic mass is 10.1. The molecule has 0 saturated carbocycles. The summed E-state index contributed by atoms with van der Waals surface area (Å²) in [6.45, 7) is 0.174. The Morgan fingerprint density at radius 1 is 1.41 bits per heavy atom. The molecule has 0 atom stereocenters. The summed E-state index contributed by atoms with van der Waals surface area (Å²) in [6.07, 6.45) is 3.40. The van der Waals surface area contributed by atoms with Gasteiger partial charge in [-0.25, -0.2) is 9.59 Å². The first-order valence-corrected chi connectivity index (χ1v) is 9.35. The van der Waals surface area contributed by atoms with Crippen LogP contribution in [0.3, 0.4) is 0 Å².